The Hall–Kier alpha value is -1.33. The number of rotatable bonds is 4. The number of nitrogens with zero attached hydrogens (tertiary/aromatic N) is 1. The highest BCUT2D eigenvalue weighted by molar-refractivity contribution is 6.33. The lowest BCUT2D eigenvalue weighted by atomic mass is 10.0. The molecule has 0 aromatic carbocycles. The highest BCUT2D eigenvalue weighted by Crippen LogP contribution is 2.20. The second kappa shape index (κ2) is 6.90. The largest absolute Gasteiger partial charge is 0.378 e. The molecule has 0 bridgehead atoms. The van der Waals surface area contributed by atoms with E-state index in [1.165, 1.54) is 0 Å². The minimum Gasteiger partial charge on any atom is -0.378 e. The standard InChI is InChI=1S/C14H20ClN3O2/c1-3-16-13-12(15)7-10(8-17-13)14(19)18-11-4-5-20-9(2)6-11/h7-9,11H,3-6H2,1-2H3,(H,16,17)(H,18,19). The fraction of sp³-hybridized carbons (Fsp3) is 0.571. The van der Waals surface area contributed by atoms with Crippen molar-refractivity contribution in [3.8, 4) is 0 Å². The number of hydrogen-bond donors (Lipinski definition) is 2. The quantitative estimate of drug-likeness (QED) is 0.896. The van der Waals surface area contributed by atoms with Gasteiger partial charge in [0.05, 0.1) is 16.7 Å². The van der Waals surface area contributed by atoms with Gasteiger partial charge in [0, 0.05) is 25.4 Å². The summed E-state index contributed by atoms with van der Waals surface area (Å²) in [4.78, 5) is 16.3. The van der Waals surface area contributed by atoms with E-state index in [0.717, 1.165) is 19.4 Å². The first-order valence-corrected chi connectivity index (χ1v) is 7.29. The van der Waals surface area contributed by atoms with Crippen LogP contribution in [0.25, 0.3) is 0 Å². The Labute approximate surface area is 124 Å². The molecule has 0 radical (unpaired) electrons. The van der Waals surface area contributed by atoms with Gasteiger partial charge in [-0.2, -0.15) is 0 Å². The number of ether oxygens (including phenoxy) is 1. The minimum atomic E-state index is -0.137. The lowest BCUT2D eigenvalue weighted by molar-refractivity contribution is 0.0136. The highest BCUT2D eigenvalue weighted by atomic mass is 35.5. The number of halogens is 1. The molecule has 1 aliphatic heterocycles. The SMILES string of the molecule is CCNc1ncc(C(=O)NC2CCOC(C)C2)cc1Cl. The van der Waals surface area contributed by atoms with Gasteiger partial charge in [-0.15, -0.1) is 0 Å². The third-order valence-corrected chi connectivity index (χ3v) is 3.56. The molecule has 2 heterocycles. The Bertz CT molecular complexity index is 481. The number of aromatic nitrogens is 1. The Kier molecular flexibility index (Phi) is 5.20. The molecule has 1 amide bonds. The molecule has 6 heteroatoms. The van der Waals surface area contributed by atoms with E-state index in [0.29, 0.717) is 23.0 Å². The first kappa shape index (κ1) is 15.1. The van der Waals surface area contributed by atoms with Crippen LogP contribution in [0.3, 0.4) is 0 Å². The molecular formula is C14H20ClN3O2. The van der Waals surface area contributed by atoms with Crippen LogP contribution in [-0.2, 0) is 4.74 Å². The molecule has 0 aliphatic carbocycles. The Morgan fingerprint density at radius 3 is 3.05 bits per heavy atom. The zero-order valence-electron chi connectivity index (χ0n) is 11.8. The van der Waals surface area contributed by atoms with Crippen molar-refractivity contribution < 1.29 is 9.53 Å². The van der Waals surface area contributed by atoms with E-state index in [4.69, 9.17) is 16.3 Å². The fourth-order valence-corrected chi connectivity index (χ4v) is 2.49. The maximum Gasteiger partial charge on any atom is 0.253 e. The Morgan fingerprint density at radius 2 is 2.40 bits per heavy atom. The summed E-state index contributed by atoms with van der Waals surface area (Å²) in [5.41, 5.74) is 0.482. The van der Waals surface area contributed by atoms with Crippen LogP contribution in [0.1, 0.15) is 37.0 Å². The molecule has 110 valence electrons. The van der Waals surface area contributed by atoms with Crippen molar-refractivity contribution in [1.29, 1.82) is 0 Å². The minimum absolute atomic E-state index is 0.137. The molecular weight excluding hydrogens is 278 g/mol. The van der Waals surface area contributed by atoms with E-state index < -0.39 is 0 Å². The number of carbonyl (C=O) groups is 1. The van der Waals surface area contributed by atoms with Crippen LogP contribution < -0.4 is 10.6 Å². The van der Waals surface area contributed by atoms with E-state index in [1.807, 2.05) is 13.8 Å². The molecule has 5 nitrogen and oxygen atoms in total. The maximum atomic E-state index is 12.2. The van der Waals surface area contributed by atoms with E-state index in [-0.39, 0.29) is 18.1 Å². The van der Waals surface area contributed by atoms with Crippen LogP contribution in [-0.4, -0.2) is 36.2 Å². The molecule has 1 fully saturated rings. The summed E-state index contributed by atoms with van der Waals surface area (Å²) < 4.78 is 5.46. The van der Waals surface area contributed by atoms with Gasteiger partial charge in [0.25, 0.3) is 5.91 Å². The van der Waals surface area contributed by atoms with Crippen molar-refractivity contribution >= 4 is 23.3 Å². The molecule has 1 aliphatic rings. The molecule has 2 N–H and O–H groups in total. The van der Waals surface area contributed by atoms with Gasteiger partial charge >= 0.3 is 0 Å². The summed E-state index contributed by atoms with van der Waals surface area (Å²) in [5.74, 6) is 0.465. The van der Waals surface area contributed by atoms with Crippen LogP contribution in [0.5, 0.6) is 0 Å². The third-order valence-electron chi connectivity index (χ3n) is 3.27. The zero-order valence-corrected chi connectivity index (χ0v) is 12.5. The average Bonchev–Trinajstić information content (AvgIpc) is 2.41. The van der Waals surface area contributed by atoms with Crippen molar-refractivity contribution in [3.05, 3.63) is 22.8 Å². The predicted molar refractivity (Wildman–Crippen MR) is 79.3 cm³/mol. The van der Waals surface area contributed by atoms with Crippen LogP contribution in [0.15, 0.2) is 12.3 Å². The molecule has 2 atom stereocenters. The van der Waals surface area contributed by atoms with Crippen LogP contribution in [0, 0.1) is 0 Å². The molecule has 20 heavy (non-hydrogen) atoms. The van der Waals surface area contributed by atoms with Gasteiger partial charge in [0.1, 0.15) is 5.82 Å². The monoisotopic (exact) mass is 297 g/mol. The van der Waals surface area contributed by atoms with Gasteiger partial charge in [-0.05, 0) is 32.8 Å². The number of hydrogen-bond acceptors (Lipinski definition) is 4. The van der Waals surface area contributed by atoms with Gasteiger partial charge in [-0.25, -0.2) is 4.98 Å². The summed E-state index contributed by atoms with van der Waals surface area (Å²) >= 11 is 6.09. The number of carbonyl (C=O) groups excluding carboxylic acids is 1. The first-order chi connectivity index (χ1) is 9.60. The van der Waals surface area contributed by atoms with Gasteiger partial charge in [0.2, 0.25) is 0 Å². The van der Waals surface area contributed by atoms with Gasteiger partial charge in [-0.3, -0.25) is 4.79 Å². The molecule has 2 rings (SSSR count). The smallest absolute Gasteiger partial charge is 0.253 e. The second-order valence-electron chi connectivity index (χ2n) is 4.96. The molecule has 0 spiro atoms. The summed E-state index contributed by atoms with van der Waals surface area (Å²) in [7, 11) is 0. The lowest BCUT2D eigenvalue weighted by Crippen LogP contribution is -2.41. The third kappa shape index (κ3) is 3.84. The fourth-order valence-electron chi connectivity index (χ4n) is 2.26. The second-order valence-corrected chi connectivity index (χ2v) is 5.37. The predicted octanol–water partition coefficient (Wildman–Crippen LogP) is 2.46. The number of amides is 1. The highest BCUT2D eigenvalue weighted by Gasteiger charge is 2.21. The van der Waals surface area contributed by atoms with Gasteiger partial charge in [0.15, 0.2) is 0 Å². The summed E-state index contributed by atoms with van der Waals surface area (Å²) in [6.45, 7) is 5.40. The summed E-state index contributed by atoms with van der Waals surface area (Å²) in [5, 5.41) is 6.50. The maximum absolute atomic E-state index is 12.2. The van der Waals surface area contributed by atoms with Crippen molar-refractivity contribution in [2.24, 2.45) is 0 Å². The van der Waals surface area contributed by atoms with Crippen molar-refractivity contribution in [2.45, 2.75) is 38.8 Å². The molecule has 1 aromatic heterocycles. The number of anilines is 1. The molecule has 1 saturated heterocycles. The molecule has 0 saturated carbocycles. The normalized spacial score (nSPS) is 22.4. The lowest BCUT2D eigenvalue weighted by Gasteiger charge is -2.27. The van der Waals surface area contributed by atoms with Crippen molar-refractivity contribution in [2.75, 3.05) is 18.5 Å². The summed E-state index contributed by atoms with van der Waals surface area (Å²) in [6, 6.07) is 1.79. The van der Waals surface area contributed by atoms with E-state index in [1.54, 1.807) is 12.3 Å². The van der Waals surface area contributed by atoms with Crippen LogP contribution in [0.4, 0.5) is 5.82 Å². The Morgan fingerprint density at radius 1 is 1.60 bits per heavy atom. The summed E-state index contributed by atoms with van der Waals surface area (Å²) in [6.07, 6.45) is 3.41. The zero-order chi connectivity index (χ0) is 14.5. The van der Waals surface area contributed by atoms with Crippen molar-refractivity contribution in [1.82, 2.24) is 10.3 Å². The van der Waals surface area contributed by atoms with E-state index in [9.17, 15) is 4.79 Å². The van der Waals surface area contributed by atoms with E-state index in [2.05, 4.69) is 15.6 Å². The first-order valence-electron chi connectivity index (χ1n) is 6.92. The average molecular weight is 298 g/mol. The topological polar surface area (TPSA) is 63.2 Å². The van der Waals surface area contributed by atoms with Gasteiger partial charge < -0.3 is 15.4 Å². The molecule has 2 unspecified atom stereocenters. The van der Waals surface area contributed by atoms with Crippen LogP contribution in [0.2, 0.25) is 5.02 Å². The number of nitrogens with one attached hydrogen (secondary N) is 2. The van der Waals surface area contributed by atoms with Gasteiger partial charge in [-0.1, -0.05) is 11.6 Å². The van der Waals surface area contributed by atoms with Crippen molar-refractivity contribution in [3.63, 3.8) is 0 Å². The van der Waals surface area contributed by atoms with E-state index >= 15 is 0 Å². The molecule has 1 aromatic rings. The van der Waals surface area contributed by atoms with Crippen LogP contribution >= 0.6 is 11.6 Å². The Balaban J connectivity index is 2.00. The number of pyridine rings is 1.